The SMILES string of the molecule is CC1(C)CC(=O)c2c(nc(N3CCN(C=O)CC3)nc2Nc2ccc(Cl)cc2)C1. The van der Waals surface area contributed by atoms with Crippen LogP contribution in [-0.2, 0) is 11.2 Å². The second kappa shape index (κ2) is 7.63. The summed E-state index contributed by atoms with van der Waals surface area (Å²) >= 11 is 5.99. The molecule has 2 aliphatic rings. The maximum atomic E-state index is 12.9. The number of carbonyl (C=O) groups is 2. The standard InChI is InChI=1S/C21H24ClN5O2/c1-21(2)11-16-18(17(29)12-21)19(23-15-5-3-14(22)4-6-15)25-20(24-16)27-9-7-26(13-28)8-10-27/h3-6,13H,7-12H2,1-2H3,(H,23,24,25). The van der Waals surface area contributed by atoms with E-state index in [-0.39, 0.29) is 11.2 Å². The normalized spacial score (nSPS) is 18.4. The fourth-order valence-electron chi connectivity index (χ4n) is 3.88. The van der Waals surface area contributed by atoms with E-state index in [2.05, 4.69) is 24.1 Å². The quantitative estimate of drug-likeness (QED) is 0.775. The summed E-state index contributed by atoms with van der Waals surface area (Å²) in [6.45, 7) is 6.77. The number of anilines is 3. The monoisotopic (exact) mass is 413 g/mol. The molecule has 0 spiro atoms. The zero-order chi connectivity index (χ0) is 20.6. The highest BCUT2D eigenvalue weighted by Crippen LogP contribution is 2.38. The van der Waals surface area contributed by atoms with E-state index in [0.29, 0.717) is 61.4 Å². The first-order valence-electron chi connectivity index (χ1n) is 9.76. The van der Waals surface area contributed by atoms with Gasteiger partial charge in [-0.05, 0) is 36.1 Å². The van der Waals surface area contributed by atoms with Crippen LogP contribution in [0.2, 0.25) is 5.02 Å². The Morgan fingerprint density at radius 1 is 1.07 bits per heavy atom. The fourth-order valence-corrected chi connectivity index (χ4v) is 4.01. The van der Waals surface area contributed by atoms with Crippen molar-refractivity contribution in [2.24, 2.45) is 5.41 Å². The topological polar surface area (TPSA) is 78.4 Å². The van der Waals surface area contributed by atoms with Gasteiger partial charge in [-0.2, -0.15) is 4.98 Å². The Morgan fingerprint density at radius 3 is 2.41 bits per heavy atom. The van der Waals surface area contributed by atoms with Crippen LogP contribution in [0.1, 0.15) is 36.3 Å². The number of Topliss-reactive ketones (excluding diaryl/α,β-unsaturated/α-hetero) is 1. The van der Waals surface area contributed by atoms with Crippen LogP contribution in [0, 0.1) is 5.41 Å². The van der Waals surface area contributed by atoms with Crippen molar-refractivity contribution in [1.29, 1.82) is 0 Å². The molecule has 2 heterocycles. The Labute approximate surface area is 175 Å². The van der Waals surface area contributed by atoms with E-state index < -0.39 is 0 Å². The number of aromatic nitrogens is 2. The molecule has 1 N–H and O–H groups in total. The second-order valence-electron chi connectivity index (χ2n) is 8.40. The third-order valence-corrected chi connectivity index (χ3v) is 5.64. The highest BCUT2D eigenvalue weighted by atomic mass is 35.5. The lowest BCUT2D eigenvalue weighted by atomic mass is 9.75. The van der Waals surface area contributed by atoms with Crippen molar-refractivity contribution in [2.45, 2.75) is 26.7 Å². The molecule has 1 amide bonds. The van der Waals surface area contributed by atoms with Gasteiger partial charge in [0.1, 0.15) is 5.82 Å². The molecule has 1 fully saturated rings. The van der Waals surface area contributed by atoms with Crippen LogP contribution in [0.3, 0.4) is 0 Å². The minimum Gasteiger partial charge on any atom is -0.342 e. The van der Waals surface area contributed by atoms with Crippen molar-refractivity contribution >= 4 is 41.2 Å². The van der Waals surface area contributed by atoms with Crippen LogP contribution in [0.4, 0.5) is 17.5 Å². The summed E-state index contributed by atoms with van der Waals surface area (Å²) in [6, 6.07) is 7.30. The molecule has 1 saturated heterocycles. The molecule has 7 nitrogen and oxygen atoms in total. The number of nitrogens with one attached hydrogen (secondary N) is 1. The van der Waals surface area contributed by atoms with Gasteiger partial charge in [0.25, 0.3) is 0 Å². The van der Waals surface area contributed by atoms with E-state index in [9.17, 15) is 9.59 Å². The van der Waals surface area contributed by atoms with E-state index >= 15 is 0 Å². The molecule has 0 bridgehead atoms. The van der Waals surface area contributed by atoms with Crippen molar-refractivity contribution < 1.29 is 9.59 Å². The minimum absolute atomic E-state index is 0.0602. The van der Waals surface area contributed by atoms with Crippen LogP contribution >= 0.6 is 11.6 Å². The number of hydrogen-bond acceptors (Lipinski definition) is 6. The summed E-state index contributed by atoms with van der Waals surface area (Å²) in [5, 5.41) is 3.94. The Hall–Kier alpha value is -2.67. The van der Waals surface area contributed by atoms with Crippen molar-refractivity contribution in [1.82, 2.24) is 14.9 Å². The molecular weight excluding hydrogens is 390 g/mol. The molecule has 0 radical (unpaired) electrons. The number of carbonyl (C=O) groups excluding carboxylic acids is 2. The van der Waals surface area contributed by atoms with E-state index in [1.807, 2.05) is 12.1 Å². The van der Waals surface area contributed by atoms with Gasteiger partial charge in [0.05, 0.1) is 11.3 Å². The van der Waals surface area contributed by atoms with Gasteiger partial charge in [-0.15, -0.1) is 0 Å². The summed E-state index contributed by atoms with van der Waals surface area (Å²) < 4.78 is 0. The number of ketones is 1. The van der Waals surface area contributed by atoms with Crippen LogP contribution in [-0.4, -0.2) is 53.2 Å². The fraction of sp³-hybridized carbons (Fsp3) is 0.429. The number of halogens is 1. The molecule has 0 unspecified atom stereocenters. The number of amides is 1. The van der Waals surface area contributed by atoms with E-state index in [1.54, 1.807) is 17.0 Å². The lowest BCUT2D eigenvalue weighted by molar-refractivity contribution is -0.118. The maximum Gasteiger partial charge on any atom is 0.227 e. The molecule has 0 saturated carbocycles. The molecule has 29 heavy (non-hydrogen) atoms. The first-order chi connectivity index (χ1) is 13.8. The summed E-state index contributed by atoms with van der Waals surface area (Å²) in [6.07, 6.45) is 2.06. The van der Waals surface area contributed by atoms with Gasteiger partial charge in [-0.1, -0.05) is 25.4 Å². The van der Waals surface area contributed by atoms with Crippen molar-refractivity contribution in [2.75, 3.05) is 36.4 Å². The van der Waals surface area contributed by atoms with Crippen LogP contribution in [0.25, 0.3) is 0 Å². The zero-order valence-electron chi connectivity index (χ0n) is 16.6. The van der Waals surface area contributed by atoms with Gasteiger partial charge in [0, 0.05) is 43.3 Å². The highest BCUT2D eigenvalue weighted by molar-refractivity contribution is 6.30. The Morgan fingerprint density at radius 2 is 1.76 bits per heavy atom. The molecule has 4 rings (SSSR count). The second-order valence-corrected chi connectivity index (χ2v) is 8.83. The molecule has 2 aromatic rings. The van der Waals surface area contributed by atoms with Crippen LogP contribution < -0.4 is 10.2 Å². The molecule has 8 heteroatoms. The van der Waals surface area contributed by atoms with Crippen molar-refractivity contribution in [3.8, 4) is 0 Å². The predicted molar refractivity (Wildman–Crippen MR) is 113 cm³/mol. The number of benzene rings is 1. The Balaban J connectivity index is 1.73. The number of rotatable bonds is 4. The highest BCUT2D eigenvalue weighted by Gasteiger charge is 2.35. The minimum atomic E-state index is -0.135. The largest absolute Gasteiger partial charge is 0.342 e. The number of fused-ring (bicyclic) bond motifs is 1. The summed E-state index contributed by atoms with van der Waals surface area (Å²) in [7, 11) is 0. The van der Waals surface area contributed by atoms with Gasteiger partial charge in [-0.3, -0.25) is 9.59 Å². The third-order valence-electron chi connectivity index (χ3n) is 5.39. The first kappa shape index (κ1) is 19.6. The number of piperazine rings is 1. The zero-order valence-corrected chi connectivity index (χ0v) is 17.4. The van der Waals surface area contributed by atoms with Crippen molar-refractivity contribution in [3.63, 3.8) is 0 Å². The third kappa shape index (κ3) is 4.19. The average Bonchev–Trinajstić information content (AvgIpc) is 2.68. The van der Waals surface area contributed by atoms with Crippen molar-refractivity contribution in [3.05, 3.63) is 40.5 Å². The number of hydrogen-bond donors (Lipinski definition) is 1. The molecule has 0 atom stereocenters. The lowest BCUT2D eigenvalue weighted by Crippen LogP contribution is -2.46. The van der Waals surface area contributed by atoms with Gasteiger partial charge in [-0.25, -0.2) is 4.98 Å². The summed E-state index contributed by atoms with van der Waals surface area (Å²) in [4.78, 5) is 37.2. The molecule has 152 valence electrons. The van der Waals surface area contributed by atoms with Gasteiger partial charge in [0.15, 0.2) is 5.78 Å². The van der Waals surface area contributed by atoms with E-state index in [0.717, 1.165) is 17.8 Å². The molecule has 1 aromatic heterocycles. The molecule has 1 aromatic carbocycles. The smallest absolute Gasteiger partial charge is 0.227 e. The van der Waals surface area contributed by atoms with Gasteiger partial charge in [0.2, 0.25) is 12.4 Å². The number of nitrogens with zero attached hydrogens (tertiary/aromatic N) is 4. The van der Waals surface area contributed by atoms with Crippen LogP contribution in [0.15, 0.2) is 24.3 Å². The Kier molecular flexibility index (Phi) is 5.17. The summed E-state index contributed by atoms with van der Waals surface area (Å²) in [5.74, 6) is 1.19. The van der Waals surface area contributed by atoms with Gasteiger partial charge >= 0.3 is 0 Å². The lowest BCUT2D eigenvalue weighted by Gasteiger charge is -2.35. The molecule has 1 aliphatic heterocycles. The predicted octanol–water partition coefficient (Wildman–Crippen LogP) is 3.31. The van der Waals surface area contributed by atoms with Crippen LogP contribution in [0.5, 0.6) is 0 Å². The molecular formula is C21H24ClN5O2. The summed E-state index contributed by atoms with van der Waals surface area (Å²) in [5.41, 5.74) is 2.04. The van der Waals surface area contributed by atoms with E-state index in [4.69, 9.17) is 21.6 Å². The average molecular weight is 414 g/mol. The molecule has 1 aliphatic carbocycles. The van der Waals surface area contributed by atoms with Gasteiger partial charge < -0.3 is 15.1 Å². The first-order valence-corrected chi connectivity index (χ1v) is 10.1. The maximum absolute atomic E-state index is 12.9. The Bertz CT molecular complexity index is 937. The van der Waals surface area contributed by atoms with E-state index in [1.165, 1.54) is 0 Å².